The number of para-hydroxylation sites is 2. The predicted octanol–water partition coefficient (Wildman–Crippen LogP) is 1.54. The maximum atomic E-state index is 11.8. The molecule has 0 aliphatic rings. The van der Waals surface area contributed by atoms with Gasteiger partial charge >= 0.3 is 0 Å². The third-order valence-corrected chi connectivity index (χ3v) is 2.20. The number of amides is 2. The van der Waals surface area contributed by atoms with Gasteiger partial charge in [0, 0.05) is 12.6 Å². The lowest BCUT2D eigenvalue weighted by molar-refractivity contribution is -0.119. The highest BCUT2D eigenvalue weighted by molar-refractivity contribution is 6.06. The molecule has 2 N–H and O–H groups in total. The van der Waals surface area contributed by atoms with Crippen molar-refractivity contribution in [3.8, 4) is 5.75 Å². The van der Waals surface area contributed by atoms with Crippen LogP contribution >= 0.6 is 0 Å². The molecular formula is C13H17N3O3. The van der Waals surface area contributed by atoms with Crippen molar-refractivity contribution in [1.82, 2.24) is 5.43 Å². The van der Waals surface area contributed by atoms with Crippen LogP contribution in [0.15, 0.2) is 29.4 Å². The lowest BCUT2D eigenvalue weighted by Gasteiger charge is -2.09. The van der Waals surface area contributed by atoms with E-state index in [0.29, 0.717) is 17.1 Å². The molecule has 0 aliphatic carbocycles. The van der Waals surface area contributed by atoms with Crippen molar-refractivity contribution in [1.29, 1.82) is 0 Å². The summed E-state index contributed by atoms with van der Waals surface area (Å²) in [6.07, 6.45) is 0.0956. The fraction of sp³-hybridized carbons (Fsp3) is 0.308. The van der Waals surface area contributed by atoms with E-state index in [2.05, 4.69) is 15.8 Å². The molecule has 1 rings (SSSR count). The molecule has 0 aromatic heterocycles. The average molecular weight is 263 g/mol. The molecule has 2 amide bonds. The Morgan fingerprint density at radius 2 is 1.95 bits per heavy atom. The van der Waals surface area contributed by atoms with Crippen LogP contribution in [0.25, 0.3) is 0 Å². The first-order valence-electron chi connectivity index (χ1n) is 5.75. The highest BCUT2D eigenvalue weighted by Crippen LogP contribution is 2.22. The zero-order valence-electron chi connectivity index (χ0n) is 11.2. The van der Waals surface area contributed by atoms with Crippen molar-refractivity contribution in [2.24, 2.45) is 5.10 Å². The quantitative estimate of drug-likeness (QED) is 0.624. The molecule has 0 heterocycles. The first-order chi connectivity index (χ1) is 9.02. The standard InChI is InChI=1S/C13H17N3O3/c1-9(15-16-10(2)17)8-13(18)14-11-6-4-5-7-12(11)19-3/h4-7H,8H2,1-3H3,(H,14,18)(H,16,17). The number of rotatable bonds is 5. The van der Waals surface area contributed by atoms with Gasteiger partial charge in [0.05, 0.1) is 19.2 Å². The Morgan fingerprint density at radius 3 is 2.58 bits per heavy atom. The van der Waals surface area contributed by atoms with Crippen LogP contribution in [-0.2, 0) is 9.59 Å². The normalized spacial score (nSPS) is 10.8. The van der Waals surface area contributed by atoms with Crippen molar-refractivity contribution in [3.63, 3.8) is 0 Å². The Balaban J connectivity index is 2.60. The van der Waals surface area contributed by atoms with E-state index in [1.54, 1.807) is 25.1 Å². The summed E-state index contributed by atoms with van der Waals surface area (Å²) in [7, 11) is 1.54. The fourth-order valence-electron chi connectivity index (χ4n) is 1.39. The molecule has 6 nitrogen and oxygen atoms in total. The number of methoxy groups -OCH3 is 1. The minimum absolute atomic E-state index is 0.0956. The van der Waals surface area contributed by atoms with E-state index in [-0.39, 0.29) is 18.2 Å². The lowest BCUT2D eigenvalue weighted by Crippen LogP contribution is -2.19. The van der Waals surface area contributed by atoms with Crippen LogP contribution in [0.5, 0.6) is 5.75 Å². The van der Waals surface area contributed by atoms with Crippen LogP contribution in [0, 0.1) is 0 Å². The summed E-state index contributed by atoms with van der Waals surface area (Å²) in [5.41, 5.74) is 3.40. The third kappa shape index (κ3) is 5.20. The molecule has 0 radical (unpaired) electrons. The molecule has 1 aromatic rings. The van der Waals surface area contributed by atoms with Crippen LogP contribution < -0.4 is 15.5 Å². The predicted molar refractivity (Wildman–Crippen MR) is 73.2 cm³/mol. The van der Waals surface area contributed by atoms with Crippen LogP contribution in [0.2, 0.25) is 0 Å². The SMILES string of the molecule is COc1ccccc1NC(=O)CC(C)=NNC(C)=O. The van der Waals surface area contributed by atoms with Gasteiger partial charge in [-0.05, 0) is 19.1 Å². The molecule has 19 heavy (non-hydrogen) atoms. The summed E-state index contributed by atoms with van der Waals surface area (Å²) in [5, 5.41) is 6.50. The maximum absolute atomic E-state index is 11.8. The van der Waals surface area contributed by atoms with Crippen molar-refractivity contribution in [3.05, 3.63) is 24.3 Å². The van der Waals surface area contributed by atoms with E-state index in [4.69, 9.17) is 4.74 Å². The van der Waals surface area contributed by atoms with E-state index >= 15 is 0 Å². The van der Waals surface area contributed by atoms with Gasteiger partial charge in [0.1, 0.15) is 5.75 Å². The molecule has 0 aliphatic heterocycles. The fourth-order valence-corrected chi connectivity index (χ4v) is 1.39. The summed E-state index contributed by atoms with van der Waals surface area (Å²) in [6.45, 7) is 3.02. The van der Waals surface area contributed by atoms with Crippen LogP contribution in [0.1, 0.15) is 20.3 Å². The summed E-state index contributed by atoms with van der Waals surface area (Å²) in [4.78, 5) is 22.4. The van der Waals surface area contributed by atoms with Gasteiger partial charge in [-0.1, -0.05) is 12.1 Å². The summed E-state index contributed by atoms with van der Waals surface area (Å²) >= 11 is 0. The lowest BCUT2D eigenvalue weighted by atomic mass is 10.2. The number of ether oxygens (including phenoxy) is 1. The molecule has 0 atom stereocenters. The highest BCUT2D eigenvalue weighted by Gasteiger charge is 2.08. The van der Waals surface area contributed by atoms with Crippen molar-refractivity contribution >= 4 is 23.2 Å². The summed E-state index contributed by atoms with van der Waals surface area (Å²) < 4.78 is 5.13. The summed E-state index contributed by atoms with van der Waals surface area (Å²) in [5.74, 6) is 0.0906. The molecule has 0 bridgehead atoms. The molecule has 0 saturated carbocycles. The van der Waals surface area contributed by atoms with Crippen LogP contribution in [0.4, 0.5) is 5.69 Å². The second kappa shape index (κ2) is 7.15. The van der Waals surface area contributed by atoms with E-state index < -0.39 is 0 Å². The second-order valence-electron chi connectivity index (χ2n) is 3.94. The minimum Gasteiger partial charge on any atom is -0.495 e. The monoisotopic (exact) mass is 263 g/mol. The Labute approximate surface area is 111 Å². The number of anilines is 1. The topological polar surface area (TPSA) is 79.8 Å². The van der Waals surface area contributed by atoms with Crippen molar-refractivity contribution in [2.45, 2.75) is 20.3 Å². The number of benzene rings is 1. The minimum atomic E-state index is -0.274. The van der Waals surface area contributed by atoms with Gasteiger partial charge in [0.2, 0.25) is 11.8 Å². The van der Waals surface area contributed by atoms with E-state index in [1.807, 2.05) is 6.07 Å². The van der Waals surface area contributed by atoms with Gasteiger partial charge in [0.15, 0.2) is 0 Å². The van der Waals surface area contributed by atoms with Crippen LogP contribution in [-0.4, -0.2) is 24.6 Å². The first-order valence-corrected chi connectivity index (χ1v) is 5.75. The van der Waals surface area contributed by atoms with Crippen molar-refractivity contribution < 1.29 is 14.3 Å². The largest absolute Gasteiger partial charge is 0.495 e. The zero-order chi connectivity index (χ0) is 14.3. The molecule has 0 spiro atoms. The average Bonchev–Trinajstić information content (AvgIpc) is 2.37. The number of carbonyl (C=O) groups excluding carboxylic acids is 2. The van der Waals surface area contributed by atoms with E-state index in [1.165, 1.54) is 14.0 Å². The number of hydrogen-bond acceptors (Lipinski definition) is 4. The van der Waals surface area contributed by atoms with Gasteiger partial charge in [-0.25, -0.2) is 5.43 Å². The molecule has 6 heteroatoms. The van der Waals surface area contributed by atoms with Crippen molar-refractivity contribution in [2.75, 3.05) is 12.4 Å². The highest BCUT2D eigenvalue weighted by atomic mass is 16.5. The number of hydrazone groups is 1. The Hall–Kier alpha value is -2.37. The van der Waals surface area contributed by atoms with E-state index in [9.17, 15) is 9.59 Å². The van der Waals surface area contributed by atoms with E-state index in [0.717, 1.165) is 0 Å². The first kappa shape index (κ1) is 14.7. The Kier molecular flexibility index (Phi) is 5.53. The number of nitrogens with one attached hydrogen (secondary N) is 2. The zero-order valence-corrected chi connectivity index (χ0v) is 11.2. The third-order valence-electron chi connectivity index (χ3n) is 2.20. The maximum Gasteiger partial charge on any atom is 0.236 e. The molecule has 0 fully saturated rings. The molecule has 0 unspecified atom stereocenters. The molecular weight excluding hydrogens is 246 g/mol. The molecule has 102 valence electrons. The van der Waals surface area contributed by atoms with Gasteiger partial charge in [-0.15, -0.1) is 0 Å². The Bertz CT molecular complexity index is 498. The second-order valence-corrected chi connectivity index (χ2v) is 3.94. The molecule has 1 aromatic carbocycles. The number of hydrogen-bond donors (Lipinski definition) is 2. The smallest absolute Gasteiger partial charge is 0.236 e. The summed E-state index contributed by atoms with van der Waals surface area (Å²) in [6, 6.07) is 7.12. The van der Waals surface area contributed by atoms with Gasteiger partial charge < -0.3 is 10.1 Å². The Morgan fingerprint density at radius 1 is 1.26 bits per heavy atom. The van der Waals surface area contributed by atoms with Gasteiger partial charge in [0.25, 0.3) is 0 Å². The van der Waals surface area contributed by atoms with Gasteiger partial charge in [-0.3, -0.25) is 9.59 Å². The van der Waals surface area contributed by atoms with Gasteiger partial charge in [-0.2, -0.15) is 5.10 Å². The number of carbonyl (C=O) groups is 2. The molecule has 0 saturated heterocycles. The number of nitrogens with zero attached hydrogens (tertiary/aromatic N) is 1. The van der Waals surface area contributed by atoms with Crippen LogP contribution in [0.3, 0.4) is 0 Å².